The SMILES string of the molecule is CC(C)[C@H]1NC(=O)[C@H](Cc2ccccc2)Nc2cc(nc(NCCCO)n2)CCNC(=O)[C@H](C)NC1=O. The zero-order valence-electron chi connectivity index (χ0n) is 21.6. The van der Waals surface area contributed by atoms with Gasteiger partial charge in [0, 0.05) is 44.3 Å². The van der Waals surface area contributed by atoms with Gasteiger partial charge in [0.2, 0.25) is 23.7 Å². The quantitative estimate of drug-likeness (QED) is 0.295. The fourth-order valence-corrected chi connectivity index (χ4v) is 3.92. The smallest absolute Gasteiger partial charge is 0.243 e. The van der Waals surface area contributed by atoms with Crippen LogP contribution in [0.15, 0.2) is 36.4 Å². The summed E-state index contributed by atoms with van der Waals surface area (Å²) in [6.07, 6.45) is 1.31. The highest BCUT2D eigenvalue weighted by atomic mass is 16.3. The minimum absolute atomic E-state index is 0.0328. The molecule has 0 radical (unpaired) electrons. The van der Waals surface area contributed by atoms with Crippen LogP contribution in [-0.2, 0) is 27.2 Å². The number of nitrogens with zero attached hydrogens (tertiary/aromatic N) is 2. The van der Waals surface area contributed by atoms with Gasteiger partial charge in [-0.15, -0.1) is 0 Å². The second kappa shape index (κ2) is 13.5. The molecule has 1 aliphatic rings. The van der Waals surface area contributed by atoms with Crippen LogP contribution in [0.25, 0.3) is 0 Å². The van der Waals surface area contributed by atoms with Gasteiger partial charge in [-0.2, -0.15) is 4.98 Å². The van der Waals surface area contributed by atoms with Crippen molar-refractivity contribution in [2.24, 2.45) is 5.92 Å². The molecular formula is C26H37N7O4. The monoisotopic (exact) mass is 511 g/mol. The number of rotatable bonds is 7. The summed E-state index contributed by atoms with van der Waals surface area (Å²) >= 11 is 0. The molecule has 1 aliphatic heterocycles. The van der Waals surface area contributed by atoms with Crippen LogP contribution in [0, 0.1) is 5.92 Å². The Bertz CT molecular complexity index is 1060. The summed E-state index contributed by atoms with van der Waals surface area (Å²) in [7, 11) is 0. The number of benzene rings is 1. The van der Waals surface area contributed by atoms with E-state index in [1.807, 2.05) is 44.2 Å². The van der Waals surface area contributed by atoms with Crippen LogP contribution < -0.4 is 26.6 Å². The summed E-state index contributed by atoms with van der Waals surface area (Å²) in [5, 5.41) is 23.9. The van der Waals surface area contributed by atoms with Crippen molar-refractivity contribution in [2.45, 2.75) is 58.2 Å². The van der Waals surface area contributed by atoms with Gasteiger partial charge in [-0.05, 0) is 24.8 Å². The van der Waals surface area contributed by atoms with E-state index in [9.17, 15) is 14.4 Å². The summed E-state index contributed by atoms with van der Waals surface area (Å²) in [6.45, 7) is 6.10. The Hall–Kier alpha value is -3.73. The lowest BCUT2D eigenvalue weighted by Gasteiger charge is -2.26. The summed E-state index contributed by atoms with van der Waals surface area (Å²) in [4.78, 5) is 48.1. The van der Waals surface area contributed by atoms with Crippen molar-refractivity contribution in [1.82, 2.24) is 25.9 Å². The number of carbonyl (C=O) groups excluding carboxylic acids is 3. The number of hydrogen-bond acceptors (Lipinski definition) is 8. The molecule has 2 aromatic rings. The molecule has 2 bridgehead atoms. The third-order valence-corrected chi connectivity index (χ3v) is 6.00. The second-order valence-corrected chi connectivity index (χ2v) is 9.46. The van der Waals surface area contributed by atoms with E-state index in [0.29, 0.717) is 49.8 Å². The summed E-state index contributed by atoms with van der Waals surface area (Å²) < 4.78 is 0. The Balaban J connectivity index is 1.97. The minimum Gasteiger partial charge on any atom is -0.396 e. The van der Waals surface area contributed by atoms with Gasteiger partial charge in [-0.1, -0.05) is 44.2 Å². The number of aliphatic hydroxyl groups is 1. The van der Waals surface area contributed by atoms with E-state index in [4.69, 9.17) is 5.11 Å². The van der Waals surface area contributed by atoms with E-state index in [1.54, 1.807) is 13.0 Å². The predicted molar refractivity (Wildman–Crippen MR) is 141 cm³/mol. The average molecular weight is 512 g/mol. The van der Waals surface area contributed by atoms with Crippen molar-refractivity contribution in [3.63, 3.8) is 0 Å². The van der Waals surface area contributed by atoms with Gasteiger partial charge in [0.05, 0.1) is 0 Å². The molecule has 1 aromatic carbocycles. The maximum atomic E-state index is 13.5. The average Bonchev–Trinajstić information content (AvgIpc) is 2.86. The minimum atomic E-state index is -0.829. The van der Waals surface area contributed by atoms with Crippen LogP contribution in [0.2, 0.25) is 0 Å². The molecule has 3 atom stereocenters. The maximum Gasteiger partial charge on any atom is 0.243 e. The van der Waals surface area contributed by atoms with Crippen LogP contribution in [0.5, 0.6) is 0 Å². The molecule has 11 nitrogen and oxygen atoms in total. The first-order valence-corrected chi connectivity index (χ1v) is 12.7. The molecule has 0 saturated heterocycles. The van der Waals surface area contributed by atoms with Crippen molar-refractivity contribution in [2.75, 3.05) is 30.3 Å². The first kappa shape index (κ1) is 27.9. The van der Waals surface area contributed by atoms with Crippen LogP contribution >= 0.6 is 0 Å². The molecule has 2 heterocycles. The summed E-state index contributed by atoms with van der Waals surface area (Å²) in [6, 6.07) is 9.00. The first-order valence-electron chi connectivity index (χ1n) is 12.7. The Morgan fingerprint density at radius 2 is 1.78 bits per heavy atom. The van der Waals surface area contributed by atoms with Crippen LogP contribution in [0.4, 0.5) is 11.8 Å². The number of aromatic nitrogens is 2. The van der Waals surface area contributed by atoms with Crippen LogP contribution in [0.1, 0.15) is 38.4 Å². The third-order valence-electron chi connectivity index (χ3n) is 6.00. The highest BCUT2D eigenvalue weighted by Gasteiger charge is 2.30. The van der Waals surface area contributed by atoms with E-state index in [0.717, 1.165) is 5.56 Å². The van der Waals surface area contributed by atoms with E-state index in [-0.39, 0.29) is 24.3 Å². The molecule has 3 rings (SSSR count). The van der Waals surface area contributed by atoms with E-state index >= 15 is 0 Å². The Morgan fingerprint density at radius 3 is 2.49 bits per heavy atom. The van der Waals surface area contributed by atoms with E-state index in [1.165, 1.54) is 0 Å². The summed E-state index contributed by atoms with van der Waals surface area (Å²) in [5.41, 5.74) is 1.60. The summed E-state index contributed by atoms with van der Waals surface area (Å²) in [5.74, 6) is -0.524. The lowest BCUT2D eigenvalue weighted by atomic mass is 10.0. The number of nitrogens with one attached hydrogen (secondary N) is 5. The number of aliphatic hydroxyl groups excluding tert-OH is 1. The molecule has 37 heavy (non-hydrogen) atoms. The van der Waals surface area contributed by atoms with E-state index < -0.39 is 24.0 Å². The van der Waals surface area contributed by atoms with Gasteiger partial charge in [-0.3, -0.25) is 14.4 Å². The highest BCUT2D eigenvalue weighted by molar-refractivity contribution is 5.93. The van der Waals surface area contributed by atoms with Crippen molar-refractivity contribution >= 4 is 29.5 Å². The lowest BCUT2D eigenvalue weighted by molar-refractivity contribution is -0.132. The van der Waals surface area contributed by atoms with Crippen molar-refractivity contribution in [1.29, 1.82) is 0 Å². The molecule has 6 N–H and O–H groups in total. The number of amides is 3. The van der Waals surface area contributed by atoms with Gasteiger partial charge in [0.25, 0.3) is 0 Å². The Morgan fingerprint density at radius 1 is 1.03 bits per heavy atom. The second-order valence-electron chi connectivity index (χ2n) is 9.46. The van der Waals surface area contributed by atoms with E-state index in [2.05, 4.69) is 36.6 Å². The number of anilines is 2. The van der Waals surface area contributed by atoms with Crippen molar-refractivity contribution in [3.8, 4) is 0 Å². The maximum absolute atomic E-state index is 13.5. The third kappa shape index (κ3) is 8.42. The topological polar surface area (TPSA) is 157 Å². The molecule has 0 aliphatic carbocycles. The molecule has 200 valence electrons. The zero-order chi connectivity index (χ0) is 26.8. The molecule has 0 unspecified atom stereocenters. The molecule has 0 saturated carbocycles. The van der Waals surface area contributed by atoms with Gasteiger partial charge in [0.1, 0.15) is 23.9 Å². The largest absolute Gasteiger partial charge is 0.396 e. The Labute approximate surface area is 217 Å². The fraction of sp³-hybridized carbons (Fsp3) is 0.500. The number of hydrogen-bond donors (Lipinski definition) is 6. The lowest BCUT2D eigenvalue weighted by Crippen LogP contribution is -2.56. The van der Waals surface area contributed by atoms with Gasteiger partial charge < -0.3 is 31.7 Å². The highest BCUT2D eigenvalue weighted by Crippen LogP contribution is 2.15. The number of carbonyl (C=O) groups is 3. The zero-order valence-corrected chi connectivity index (χ0v) is 21.6. The Kier molecular flexibility index (Phi) is 10.2. The fourth-order valence-electron chi connectivity index (χ4n) is 3.92. The standard InChI is InChI=1S/C26H37N7O4/c1-16(2)22-25(37)29-17(3)23(35)27-12-10-19-15-21(32-26(30-19)28-11-7-13-34)31-20(24(36)33-22)14-18-8-5-4-6-9-18/h4-6,8-9,15-17,20,22,34H,7,10-14H2,1-3H3,(H,27,35)(H,29,37)(H,33,36)(H2,28,30,31,32)/t17-,20-,22+/m0/s1. The molecule has 0 fully saturated rings. The van der Waals surface area contributed by atoms with Gasteiger partial charge in [-0.25, -0.2) is 4.98 Å². The molecular weight excluding hydrogens is 474 g/mol. The molecule has 11 heteroatoms. The van der Waals surface area contributed by atoms with Crippen molar-refractivity contribution in [3.05, 3.63) is 47.7 Å². The normalized spacial score (nSPS) is 21.1. The molecule has 3 amide bonds. The van der Waals surface area contributed by atoms with Crippen LogP contribution in [0.3, 0.4) is 0 Å². The van der Waals surface area contributed by atoms with Gasteiger partial charge >= 0.3 is 0 Å². The van der Waals surface area contributed by atoms with Crippen LogP contribution in [-0.4, -0.2) is 70.6 Å². The predicted octanol–water partition coefficient (Wildman–Crippen LogP) is 0.612. The number of fused-ring (bicyclic) bond motifs is 2. The molecule has 0 spiro atoms. The van der Waals surface area contributed by atoms with Gasteiger partial charge in [0.15, 0.2) is 0 Å². The van der Waals surface area contributed by atoms with Crippen molar-refractivity contribution < 1.29 is 19.5 Å². The molecule has 1 aromatic heterocycles. The first-order chi connectivity index (χ1) is 17.8.